The minimum atomic E-state index is -0.253. The maximum absolute atomic E-state index is 12.1. The van der Waals surface area contributed by atoms with Crippen molar-refractivity contribution in [1.82, 2.24) is 10.2 Å². The van der Waals surface area contributed by atoms with Crippen LogP contribution in [-0.2, 0) is 9.59 Å². The lowest BCUT2D eigenvalue weighted by atomic mass is 10.0. The number of benzene rings is 1. The molecule has 124 valence electrons. The second kappa shape index (κ2) is 8.46. The number of ketones is 1. The van der Waals surface area contributed by atoms with Crippen LogP contribution in [0.15, 0.2) is 24.3 Å². The van der Waals surface area contributed by atoms with Crippen molar-refractivity contribution in [1.29, 1.82) is 0 Å². The van der Waals surface area contributed by atoms with Crippen molar-refractivity contribution in [2.45, 2.75) is 39.0 Å². The third kappa shape index (κ3) is 5.20. The number of nitrogens with zero attached hydrogens (tertiary/aromatic N) is 1. The lowest BCUT2D eigenvalue weighted by molar-refractivity contribution is -0.133. The van der Waals surface area contributed by atoms with E-state index in [1.807, 2.05) is 25.1 Å². The van der Waals surface area contributed by atoms with Gasteiger partial charge in [0.1, 0.15) is 0 Å². The molecular weight excluding hydrogens is 292 g/mol. The molecule has 1 heterocycles. The van der Waals surface area contributed by atoms with Crippen LogP contribution in [0.4, 0.5) is 0 Å². The maximum Gasteiger partial charge on any atom is 0.241 e. The van der Waals surface area contributed by atoms with Crippen molar-refractivity contribution < 1.29 is 14.4 Å². The predicted octanol–water partition coefficient (Wildman–Crippen LogP) is 2.09. The molecule has 1 saturated heterocycles. The van der Waals surface area contributed by atoms with Crippen molar-refractivity contribution in [2.75, 3.05) is 19.6 Å². The molecular formula is C18H24N2O3. The molecule has 5 nitrogen and oxygen atoms in total. The Hall–Kier alpha value is -2.17. The number of nitrogens with one attached hydrogen (secondary N) is 1. The number of hydrogen-bond donors (Lipinski definition) is 1. The molecule has 0 radical (unpaired) electrons. The third-order valence-corrected chi connectivity index (χ3v) is 4.17. The van der Waals surface area contributed by atoms with Gasteiger partial charge in [0.15, 0.2) is 5.78 Å². The van der Waals surface area contributed by atoms with Gasteiger partial charge in [0.25, 0.3) is 0 Å². The fraction of sp³-hybridized carbons (Fsp3) is 0.500. The van der Waals surface area contributed by atoms with Crippen molar-refractivity contribution in [3.8, 4) is 0 Å². The first-order chi connectivity index (χ1) is 11.1. The molecule has 0 bridgehead atoms. The van der Waals surface area contributed by atoms with Crippen LogP contribution in [0.2, 0.25) is 0 Å². The molecule has 0 aromatic heterocycles. The zero-order valence-corrected chi connectivity index (χ0v) is 13.6. The number of carbonyl (C=O) groups excluding carboxylic acids is 3. The van der Waals surface area contributed by atoms with Gasteiger partial charge in [-0.1, -0.05) is 24.3 Å². The number of hydrogen-bond acceptors (Lipinski definition) is 3. The zero-order valence-electron chi connectivity index (χ0n) is 13.6. The predicted molar refractivity (Wildman–Crippen MR) is 88.2 cm³/mol. The van der Waals surface area contributed by atoms with E-state index in [2.05, 4.69) is 5.32 Å². The second-order valence-corrected chi connectivity index (χ2v) is 5.96. The molecule has 5 heteroatoms. The average molecular weight is 316 g/mol. The molecule has 23 heavy (non-hydrogen) atoms. The largest absolute Gasteiger partial charge is 0.347 e. The Morgan fingerprint density at radius 1 is 1.04 bits per heavy atom. The molecule has 2 amide bonds. The molecule has 0 unspecified atom stereocenters. The minimum absolute atomic E-state index is 0.0252. The van der Waals surface area contributed by atoms with E-state index in [-0.39, 0.29) is 37.0 Å². The molecule has 1 fully saturated rings. The summed E-state index contributed by atoms with van der Waals surface area (Å²) in [4.78, 5) is 37.7. The number of rotatable bonds is 6. The van der Waals surface area contributed by atoms with E-state index in [1.165, 1.54) is 0 Å². The molecule has 1 aliphatic rings. The molecule has 1 aromatic rings. The van der Waals surface area contributed by atoms with E-state index in [1.54, 1.807) is 11.0 Å². The summed E-state index contributed by atoms with van der Waals surface area (Å²) in [5.41, 5.74) is 1.57. The quantitative estimate of drug-likeness (QED) is 0.817. The Balaban J connectivity index is 1.71. The molecule has 1 aliphatic heterocycles. The fourth-order valence-electron chi connectivity index (χ4n) is 2.77. The van der Waals surface area contributed by atoms with Crippen LogP contribution in [0.5, 0.6) is 0 Å². The van der Waals surface area contributed by atoms with Gasteiger partial charge in [0, 0.05) is 31.5 Å². The highest BCUT2D eigenvalue weighted by Crippen LogP contribution is 2.11. The molecule has 0 atom stereocenters. The molecule has 0 saturated carbocycles. The minimum Gasteiger partial charge on any atom is -0.347 e. The first-order valence-electron chi connectivity index (χ1n) is 8.21. The van der Waals surface area contributed by atoms with Crippen molar-refractivity contribution in [3.63, 3.8) is 0 Å². The van der Waals surface area contributed by atoms with Gasteiger partial charge in [-0.3, -0.25) is 14.4 Å². The fourth-order valence-corrected chi connectivity index (χ4v) is 2.77. The van der Waals surface area contributed by atoms with E-state index < -0.39 is 0 Å². The van der Waals surface area contributed by atoms with Gasteiger partial charge < -0.3 is 10.2 Å². The summed E-state index contributed by atoms with van der Waals surface area (Å²) in [5.74, 6) is -0.332. The monoisotopic (exact) mass is 316 g/mol. The maximum atomic E-state index is 12.1. The Bertz CT molecular complexity index is 577. The van der Waals surface area contributed by atoms with Gasteiger partial charge in [-0.05, 0) is 31.7 Å². The van der Waals surface area contributed by atoms with Gasteiger partial charge in [-0.15, -0.1) is 0 Å². The van der Waals surface area contributed by atoms with E-state index in [0.29, 0.717) is 5.56 Å². The van der Waals surface area contributed by atoms with Crippen molar-refractivity contribution >= 4 is 17.6 Å². The number of Topliss-reactive ketones (excluding diaryl/α,β-unsaturated/α-hetero) is 1. The van der Waals surface area contributed by atoms with Crippen LogP contribution < -0.4 is 5.32 Å². The summed E-state index contributed by atoms with van der Waals surface area (Å²) in [6.07, 6.45) is 3.50. The Kier molecular flexibility index (Phi) is 6.32. The highest BCUT2D eigenvalue weighted by Gasteiger charge is 2.17. The topological polar surface area (TPSA) is 66.5 Å². The van der Waals surface area contributed by atoms with Crippen LogP contribution in [0.3, 0.4) is 0 Å². The summed E-state index contributed by atoms with van der Waals surface area (Å²) >= 11 is 0. The van der Waals surface area contributed by atoms with Crippen LogP contribution >= 0.6 is 0 Å². The second-order valence-electron chi connectivity index (χ2n) is 5.96. The highest BCUT2D eigenvalue weighted by atomic mass is 16.2. The molecule has 0 spiro atoms. The summed E-state index contributed by atoms with van der Waals surface area (Å²) in [7, 11) is 0. The number of carbonyl (C=O) groups is 3. The van der Waals surface area contributed by atoms with Crippen LogP contribution in [-0.4, -0.2) is 42.1 Å². The van der Waals surface area contributed by atoms with Crippen LogP contribution in [0, 0.1) is 6.92 Å². The number of aryl methyl sites for hydroxylation is 1. The van der Waals surface area contributed by atoms with Gasteiger partial charge in [0.05, 0.1) is 6.54 Å². The number of piperidine rings is 1. The smallest absolute Gasteiger partial charge is 0.241 e. The number of amides is 2. The Labute approximate surface area is 137 Å². The van der Waals surface area contributed by atoms with Gasteiger partial charge in [0.2, 0.25) is 11.8 Å². The Morgan fingerprint density at radius 3 is 2.43 bits per heavy atom. The molecule has 0 aliphatic carbocycles. The SMILES string of the molecule is Cc1ccccc1C(=O)CCC(=O)NCC(=O)N1CCCCC1. The first-order valence-corrected chi connectivity index (χ1v) is 8.21. The first kappa shape index (κ1) is 17.2. The summed E-state index contributed by atoms with van der Waals surface area (Å²) in [6, 6.07) is 7.35. The summed E-state index contributed by atoms with van der Waals surface area (Å²) in [6.45, 7) is 3.46. The van der Waals surface area contributed by atoms with Crippen molar-refractivity contribution in [3.05, 3.63) is 35.4 Å². The third-order valence-electron chi connectivity index (χ3n) is 4.17. The van der Waals surface area contributed by atoms with Crippen molar-refractivity contribution in [2.24, 2.45) is 0 Å². The van der Waals surface area contributed by atoms with Crippen LogP contribution in [0.25, 0.3) is 0 Å². The summed E-state index contributed by atoms with van der Waals surface area (Å²) < 4.78 is 0. The van der Waals surface area contributed by atoms with Crippen LogP contribution in [0.1, 0.15) is 48.0 Å². The van der Waals surface area contributed by atoms with E-state index >= 15 is 0 Å². The zero-order chi connectivity index (χ0) is 16.7. The lowest BCUT2D eigenvalue weighted by Crippen LogP contribution is -2.42. The molecule has 1 aromatic carbocycles. The van der Waals surface area contributed by atoms with E-state index in [0.717, 1.165) is 37.9 Å². The standard InChI is InChI=1S/C18H24N2O3/c1-14-7-3-4-8-15(14)16(21)9-10-17(22)19-13-18(23)20-11-5-2-6-12-20/h3-4,7-8H,2,5-6,9-13H2,1H3,(H,19,22). The van der Waals surface area contributed by atoms with E-state index in [4.69, 9.17) is 0 Å². The van der Waals surface area contributed by atoms with E-state index in [9.17, 15) is 14.4 Å². The average Bonchev–Trinajstić information content (AvgIpc) is 2.58. The lowest BCUT2D eigenvalue weighted by Gasteiger charge is -2.26. The number of likely N-dealkylation sites (tertiary alicyclic amines) is 1. The highest BCUT2D eigenvalue weighted by molar-refractivity contribution is 5.99. The van der Waals surface area contributed by atoms with Gasteiger partial charge in [-0.25, -0.2) is 0 Å². The summed E-state index contributed by atoms with van der Waals surface area (Å²) in [5, 5.41) is 2.62. The van der Waals surface area contributed by atoms with Gasteiger partial charge >= 0.3 is 0 Å². The Morgan fingerprint density at radius 2 is 1.74 bits per heavy atom. The molecule has 2 rings (SSSR count). The van der Waals surface area contributed by atoms with Gasteiger partial charge in [-0.2, -0.15) is 0 Å². The molecule has 1 N–H and O–H groups in total. The normalized spacial score (nSPS) is 14.4.